The van der Waals surface area contributed by atoms with Crippen LogP contribution in [0.25, 0.3) is 0 Å². The molecule has 2 unspecified atom stereocenters. The molecule has 90 valence electrons. The van der Waals surface area contributed by atoms with Crippen LogP contribution < -0.4 is 5.32 Å². The molecule has 0 amide bonds. The summed E-state index contributed by atoms with van der Waals surface area (Å²) in [6, 6.07) is 8.67. The van der Waals surface area contributed by atoms with Crippen LogP contribution in [0.5, 0.6) is 0 Å². The molecule has 0 saturated carbocycles. The van der Waals surface area contributed by atoms with E-state index >= 15 is 0 Å². The first-order valence-electron chi connectivity index (χ1n) is 5.73. The summed E-state index contributed by atoms with van der Waals surface area (Å²) >= 11 is 0. The molecule has 3 heteroatoms. The van der Waals surface area contributed by atoms with E-state index in [4.69, 9.17) is 0 Å². The van der Waals surface area contributed by atoms with Gasteiger partial charge in [-0.25, -0.2) is 0 Å². The topological polar surface area (TPSA) is 29.1 Å². The van der Waals surface area contributed by atoms with Gasteiger partial charge in [-0.15, -0.1) is 0 Å². The van der Waals surface area contributed by atoms with Gasteiger partial charge in [0.25, 0.3) is 0 Å². The van der Waals surface area contributed by atoms with Crippen molar-refractivity contribution in [3.63, 3.8) is 0 Å². The van der Waals surface area contributed by atoms with Gasteiger partial charge >= 0.3 is 0 Å². The summed E-state index contributed by atoms with van der Waals surface area (Å²) < 4.78 is 11.3. The maximum Gasteiger partial charge on any atom is 0.0436 e. The van der Waals surface area contributed by atoms with E-state index in [9.17, 15) is 4.21 Å². The minimum Gasteiger partial charge on any atom is -0.309 e. The van der Waals surface area contributed by atoms with Crippen LogP contribution in [0.3, 0.4) is 0 Å². The zero-order valence-electron chi connectivity index (χ0n) is 10.3. The van der Waals surface area contributed by atoms with E-state index in [1.165, 1.54) is 11.1 Å². The first-order chi connectivity index (χ1) is 7.63. The minimum atomic E-state index is -0.767. The van der Waals surface area contributed by atoms with Crippen molar-refractivity contribution in [2.75, 3.05) is 18.6 Å². The Kier molecular flexibility index (Phi) is 5.71. The van der Waals surface area contributed by atoms with Crippen molar-refractivity contribution in [1.29, 1.82) is 0 Å². The Hall–Kier alpha value is -0.670. The van der Waals surface area contributed by atoms with E-state index in [1.807, 2.05) is 0 Å². The van der Waals surface area contributed by atoms with Gasteiger partial charge < -0.3 is 5.32 Å². The van der Waals surface area contributed by atoms with Crippen molar-refractivity contribution in [1.82, 2.24) is 5.32 Å². The summed E-state index contributed by atoms with van der Waals surface area (Å²) in [6.07, 6.45) is 2.85. The molecule has 0 saturated heterocycles. The normalized spacial score (nSPS) is 14.7. The molecular weight excluding hydrogens is 218 g/mol. The van der Waals surface area contributed by atoms with Crippen molar-refractivity contribution in [2.24, 2.45) is 0 Å². The van der Waals surface area contributed by atoms with Crippen LogP contribution in [-0.4, -0.2) is 22.8 Å². The van der Waals surface area contributed by atoms with E-state index in [0.29, 0.717) is 5.75 Å². The molecule has 0 spiro atoms. The Labute approximate surface area is 101 Å². The fourth-order valence-electron chi connectivity index (χ4n) is 1.63. The molecule has 1 N–H and O–H groups in total. The van der Waals surface area contributed by atoms with Gasteiger partial charge in [0, 0.05) is 28.9 Å². The first-order valence-corrected chi connectivity index (χ1v) is 7.46. The Morgan fingerprint density at radius 2 is 1.94 bits per heavy atom. The van der Waals surface area contributed by atoms with Crippen molar-refractivity contribution in [2.45, 2.75) is 26.3 Å². The van der Waals surface area contributed by atoms with Gasteiger partial charge in [-0.3, -0.25) is 4.21 Å². The summed E-state index contributed by atoms with van der Waals surface area (Å²) in [5.41, 5.74) is 2.49. The smallest absolute Gasteiger partial charge is 0.0436 e. The summed E-state index contributed by atoms with van der Waals surface area (Å²) in [5, 5.41) is 3.44. The lowest BCUT2D eigenvalue weighted by Gasteiger charge is -2.17. The third kappa shape index (κ3) is 4.45. The van der Waals surface area contributed by atoms with E-state index < -0.39 is 10.8 Å². The van der Waals surface area contributed by atoms with Gasteiger partial charge in [0.1, 0.15) is 0 Å². The first kappa shape index (κ1) is 13.4. The number of hydrogen-bond donors (Lipinski definition) is 1. The fraction of sp³-hybridized carbons (Fsp3) is 0.538. The van der Waals surface area contributed by atoms with Gasteiger partial charge in [0.15, 0.2) is 0 Å². The highest BCUT2D eigenvalue weighted by Gasteiger charge is 2.11. The van der Waals surface area contributed by atoms with Gasteiger partial charge in [0.2, 0.25) is 0 Å². The maximum absolute atomic E-state index is 11.3. The number of nitrogens with one attached hydrogen (secondary N) is 1. The lowest BCUT2D eigenvalue weighted by molar-refractivity contribution is 0.570. The number of benzene rings is 1. The Morgan fingerprint density at radius 3 is 2.44 bits per heavy atom. The largest absolute Gasteiger partial charge is 0.309 e. The second-order valence-corrected chi connectivity index (χ2v) is 5.64. The molecule has 0 aliphatic rings. The lowest BCUT2D eigenvalue weighted by atomic mass is 10.1. The molecule has 0 fully saturated rings. The molecule has 0 aliphatic carbocycles. The average molecular weight is 239 g/mol. The average Bonchev–Trinajstić information content (AvgIpc) is 2.25. The van der Waals surface area contributed by atoms with Crippen LogP contribution in [0.4, 0.5) is 0 Å². The van der Waals surface area contributed by atoms with Gasteiger partial charge in [-0.2, -0.15) is 0 Å². The second-order valence-electron chi connectivity index (χ2n) is 4.16. The van der Waals surface area contributed by atoms with Crippen LogP contribution in [-0.2, 0) is 10.8 Å². The zero-order chi connectivity index (χ0) is 12.0. The van der Waals surface area contributed by atoms with Crippen LogP contribution in [0.1, 0.15) is 30.5 Å². The number of rotatable bonds is 6. The molecule has 2 nitrogen and oxygen atoms in total. The quantitative estimate of drug-likeness (QED) is 0.826. The number of hydrogen-bond acceptors (Lipinski definition) is 2. The highest BCUT2D eigenvalue weighted by atomic mass is 32.2. The predicted octanol–water partition coefficient (Wildman–Crippen LogP) is 2.41. The molecule has 1 rings (SSSR count). The minimum absolute atomic E-state index is 0.214. The predicted molar refractivity (Wildman–Crippen MR) is 71.1 cm³/mol. The lowest BCUT2D eigenvalue weighted by Crippen LogP contribution is -2.26. The Morgan fingerprint density at radius 1 is 1.31 bits per heavy atom. The van der Waals surface area contributed by atoms with Gasteiger partial charge in [0.05, 0.1) is 0 Å². The molecule has 0 radical (unpaired) electrons. The van der Waals surface area contributed by atoms with Gasteiger partial charge in [-0.1, -0.05) is 36.8 Å². The van der Waals surface area contributed by atoms with Crippen molar-refractivity contribution < 1.29 is 4.21 Å². The van der Waals surface area contributed by atoms with Crippen molar-refractivity contribution in [3.05, 3.63) is 35.4 Å². The summed E-state index contributed by atoms with van der Waals surface area (Å²) in [4.78, 5) is 0. The van der Waals surface area contributed by atoms with E-state index in [2.05, 4.69) is 43.4 Å². The highest BCUT2D eigenvalue weighted by Crippen LogP contribution is 2.14. The molecule has 0 aliphatic heterocycles. The van der Waals surface area contributed by atoms with E-state index in [-0.39, 0.29) is 6.04 Å². The molecule has 2 atom stereocenters. The van der Waals surface area contributed by atoms with Crippen molar-refractivity contribution in [3.8, 4) is 0 Å². The third-order valence-corrected chi connectivity index (χ3v) is 3.32. The second kappa shape index (κ2) is 6.81. The van der Waals surface area contributed by atoms with Crippen LogP contribution in [0.15, 0.2) is 24.3 Å². The maximum atomic E-state index is 11.3. The third-order valence-electron chi connectivity index (χ3n) is 2.52. The molecule has 1 aromatic rings. The molecule has 16 heavy (non-hydrogen) atoms. The molecule has 0 heterocycles. The summed E-state index contributed by atoms with van der Waals surface area (Å²) in [5.74, 6) is 0.684. The van der Waals surface area contributed by atoms with Crippen molar-refractivity contribution >= 4 is 10.8 Å². The van der Waals surface area contributed by atoms with E-state index in [0.717, 1.165) is 13.0 Å². The van der Waals surface area contributed by atoms with Crippen LogP contribution >= 0.6 is 0 Å². The SMILES string of the molecule is CCCNC(CS(C)=O)c1ccc(C)cc1. The Balaban J connectivity index is 2.74. The monoisotopic (exact) mass is 239 g/mol. The molecule has 1 aromatic carbocycles. The van der Waals surface area contributed by atoms with Crippen LogP contribution in [0.2, 0.25) is 0 Å². The standard InChI is InChI=1S/C13H21NOS/c1-4-9-14-13(10-16(3)15)12-7-5-11(2)6-8-12/h5-8,13-14H,4,9-10H2,1-3H3. The zero-order valence-corrected chi connectivity index (χ0v) is 11.1. The molecular formula is C13H21NOS. The van der Waals surface area contributed by atoms with E-state index in [1.54, 1.807) is 6.26 Å². The van der Waals surface area contributed by atoms with Crippen LogP contribution in [0, 0.1) is 6.92 Å². The Bertz CT molecular complexity index is 334. The summed E-state index contributed by atoms with van der Waals surface area (Å²) in [6.45, 7) is 5.19. The number of aryl methyl sites for hydroxylation is 1. The van der Waals surface area contributed by atoms with Gasteiger partial charge in [-0.05, 0) is 25.5 Å². The highest BCUT2D eigenvalue weighted by molar-refractivity contribution is 7.84. The summed E-state index contributed by atoms with van der Waals surface area (Å²) in [7, 11) is -0.767. The molecule has 0 aromatic heterocycles. The molecule has 0 bridgehead atoms. The fourth-order valence-corrected chi connectivity index (χ4v) is 2.40.